The molecular weight excluding hydrogens is 200 g/mol. The summed E-state index contributed by atoms with van der Waals surface area (Å²) in [6.45, 7) is 2.83. The Kier molecular flexibility index (Phi) is 3.19. The summed E-state index contributed by atoms with van der Waals surface area (Å²) < 4.78 is 2.00. The predicted octanol–water partition coefficient (Wildman–Crippen LogP) is 1.99. The molecule has 0 amide bonds. The first-order chi connectivity index (χ1) is 7.81. The number of hydrogen-bond donors (Lipinski definition) is 1. The normalized spacial score (nSPS) is 10.4. The van der Waals surface area contributed by atoms with E-state index in [0.717, 1.165) is 18.1 Å². The van der Waals surface area contributed by atoms with Crippen molar-refractivity contribution in [2.24, 2.45) is 7.05 Å². The van der Waals surface area contributed by atoms with E-state index in [1.165, 1.54) is 5.56 Å². The summed E-state index contributed by atoms with van der Waals surface area (Å²) in [5.74, 6) is 1.96. The van der Waals surface area contributed by atoms with E-state index in [-0.39, 0.29) is 0 Å². The zero-order chi connectivity index (χ0) is 11.4. The number of nitrogens with one attached hydrogen (secondary N) is 1. The van der Waals surface area contributed by atoms with Crippen molar-refractivity contribution >= 4 is 5.82 Å². The fourth-order valence-corrected chi connectivity index (χ4v) is 1.61. The van der Waals surface area contributed by atoms with Crippen LogP contribution in [0.2, 0.25) is 0 Å². The Bertz CT molecular complexity index is 462. The zero-order valence-corrected chi connectivity index (χ0v) is 9.64. The first kappa shape index (κ1) is 10.7. The summed E-state index contributed by atoms with van der Waals surface area (Å²) in [5, 5.41) is 3.31. The molecule has 0 aliphatic carbocycles. The highest BCUT2D eigenvalue weighted by Crippen LogP contribution is 2.12. The summed E-state index contributed by atoms with van der Waals surface area (Å²) >= 11 is 0. The van der Waals surface area contributed by atoms with Crippen LogP contribution in [0.5, 0.6) is 0 Å². The molecule has 2 aromatic rings. The van der Waals surface area contributed by atoms with Gasteiger partial charge in [0.1, 0.15) is 11.6 Å². The van der Waals surface area contributed by atoms with Gasteiger partial charge in [0.25, 0.3) is 0 Å². The summed E-state index contributed by atoms with van der Waals surface area (Å²) in [7, 11) is 1.99. The number of pyridine rings is 1. The van der Waals surface area contributed by atoms with Crippen molar-refractivity contribution in [3.05, 3.63) is 42.1 Å². The lowest BCUT2D eigenvalue weighted by Gasteiger charge is -2.09. The molecule has 0 aliphatic rings. The van der Waals surface area contributed by atoms with Crippen LogP contribution in [0.25, 0.3) is 0 Å². The number of rotatable bonds is 4. The highest BCUT2D eigenvalue weighted by Gasteiger charge is 2.02. The van der Waals surface area contributed by atoms with Crippen LogP contribution < -0.4 is 5.32 Å². The van der Waals surface area contributed by atoms with Crippen molar-refractivity contribution in [1.82, 2.24) is 14.5 Å². The van der Waals surface area contributed by atoms with E-state index in [1.807, 2.05) is 23.9 Å². The molecule has 84 valence electrons. The molecule has 16 heavy (non-hydrogen) atoms. The average Bonchev–Trinajstić information content (AvgIpc) is 2.72. The van der Waals surface area contributed by atoms with Crippen molar-refractivity contribution in [2.75, 3.05) is 5.32 Å². The van der Waals surface area contributed by atoms with Crippen molar-refractivity contribution in [3.63, 3.8) is 0 Å². The molecule has 2 aromatic heterocycles. The summed E-state index contributed by atoms with van der Waals surface area (Å²) in [4.78, 5) is 8.59. The summed E-state index contributed by atoms with van der Waals surface area (Å²) in [5.41, 5.74) is 1.23. The van der Waals surface area contributed by atoms with Crippen LogP contribution in [0.15, 0.2) is 30.7 Å². The molecule has 0 fully saturated rings. The number of anilines is 1. The second kappa shape index (κ2) is 4.79. The smallest absolute Gasteiger partial charge is 0.129 e. The molecule has 2 heterocycles. The van der Waals surface area contributed by atoms with Crippen LogP contribution in [-0.4, -0.2) is 14.5 Å². The van der Waals surface area contributed by atoms with Gasteiger partial charge in [-0.3, -0.25) is 0 Å². The zero-order valence-electron chi connectivity index (χ0n) is 9.64. The lowest BCUT2D eigenvalue weighted by molar-refractivity contribution is 0.809. The number of aryl methyl sites for hydroxylation is 2. The average molecular weight is 216 g/mol. The Morgan fingerprint density at radius 2 is 2.19 bits per heavy atom. The van der Waals surface area contributed by atoms with Crippen molar-refractivity contribution in [3.8, 4) is 0 Å². The van der Waals surface area contributed by atoms with Gasteiger partial charge in [-0.25, -0.2) is 9.97 Å². The Labute approximate surface area is 95.4 Å². The first-order valence-corrected chi connectivity index (χ1v) is 5.45. The van der Waals surface area contributed by atoms with Gasteiger partial charge in [0.05, 0.1) is 6.54 Å². The van der Waals surface area contributed by atoms with Gasteiger partial charge in [0, 0.05) is 25.6 Å². The number of hydrogen-bond acceptors (Lipinski definition) is 3. The standard InChI is InChI=1S/C12H16N4/c1-3-10-5-4-6-14-12(10)15-9-11-13-7-8-16(11)2/h4-8H,3,9H2,1-2H3,(H,14,15). The van der Waals surface area contributed by atoms with E-state index >= 15 is 0 Å². The van der Waals surface area contributed by atoms with Gasteiger partial charge in [-0.1, -0.05) is 13.0 Å². The predicted molar refractivity (Wildman–Crippen MR) is 64.1 cm³/mol. The lowest BCUT2D eigenvalue weighted by atomic mass is 10.2. The maximum absolute atomic E-state index is 4.33. The van der Waals surface area contributed by atoms with Crippen LogP contribution in [0.1, 0.15) is 18.3 Å². The van der Waals surface area contributed by atoms with Gasteiger partial charge in [0.2, 0.25) is 0 Å². The van der Waals surface area contributed by atoms with Gasteiger partial charge in [0.15, 0.2) is 0 Å². The maximum Gasteiger partial charge on any atom is 0.129 e. The van der Waals surface area contributed by atoms with E-state index in [0.29, 0.717) is 6.54 Å². The van der Waals surface area contributed by atoms with E-state index < -0.39 is 0 Å². The first-order valence-electron chi connectivity index (χ1n) is 5.45. The number of imidazole rings is 1. The Morgan fingerprint density at radius 1 is 1.31 bits per heavy atom. The Morgan fingerprint density at radius 3 is 2.88 bits per heavy atom. The Balaban J connectivity index is 2.07. The largest absolute Gasteiger partial charge is 0.363 e. The molecule has 0 aromatic carbocycles. The molecule has 1 N–H and O–H groups in total. The maximum atomic E-state index is 4.33. The molecule has 0 bridgehead atoms. The van der Waals surface area contributed by atoms with Gasteiger partial charge in [-0.15, -0.1) is 0 Å². The van der Waals surface area contributed by atoms with E-state index in [9.17, 15) is 0 Å². The fourth-order valence-electron chi connectivity index (χ4n) is 1.61. The van der Waals surface area contributed by atoms with Crippen molar-refractivity contribution in [1.29, 1.82) is 0 Å². The molecule has 0 saturated carbocycles. The fraction of sp³-hybridized carbons (Fsp3) is 0.333. The lowest BCUT2D eigenvalue weighted by Crippen LogP contribution is -2.08. The van der Waals surface area contributed by atoms with Gasteiger partial charge in [-0.2, -0.15) is 0 Å². The van der Waals surface area contributed by atoms with Gasteiger partial charge < -0.3 is 9.88 Å². The third-order valence-electron chi connectivity index (χ3n) is 2.61. The number of nitrogens with zero attached hydrogens (tertiary/aromatic N) is 3. The minimum absolute atomic E-state index is 0.702. The summed E-state index contributed by atoms with van der Waals surface area (Å²) in [6, 6.07) is 4.05. The number of aromatic nitrogens is 3. The second-order valence-corrected chi connectivity index (χ2v) is 3.67. The van der Waals surface area contributed by atoms with Crippen LogP contribution in [0, 0.1) is 0 Å². The molecule has 0 saturated heterocycles. The molecular formula is C12H16N4. The molecule has 0 spiro atoms. The third-order valence-corrected chi connectivity index (χ3v) is 2.61. The van der Waals surface area contributed by atoms with E-state index in [4.69, 9.17) is 0 Å². The van der Waals surface area contributed by atoms with Crippen LogP contribution >= 0.6 is 0 Å². The van der Waals surface area contributed by atoms with Gasteiger partial charge in [-0.05, 0) is 18.1 Å². The molecule has 4 nitrogen and oxygen atoms in total. The van der Waals surface area contributed by atoms with Gasteiger partial charge >= 0.3 is 0 Å². The monoisotopic (exact) mass is 216 g/mol. The van der Waals surface area contributed by atoms with Crippen LogP contribution in [0.4, 0.5) is 5.82 Å². The van der Waals surface area contributed by atoms with E-state index in [1.54, 1.807) is 12.4 Å². The topological polar surface area (TPSA) is 42.7 Å². The second-order valence-electron chi connectivity index (χ2n) is 3.67. The molecule has 0 atom stereocenters. The van der Waals surface area contributed by atoms with Crippen molar-refractivity contribution < 1.29 is 0 Å². The minimum atomic E-state index is 0.702. The molecule has 2 rings (SSSR count). The highest BCUT2D eigenvalue weighted by molar-refractivity contribution is 5.43. The SMILES string of the molecule is CCc1cccnc1NCc1nccn1C. The molecule has 4 heteroatoms. The third kappa shape index (κ3) is 2.21. The molecule has 0 aliphatic heterocycles. The van der Waals surface area contributed by atoms with E-state index in [2.05, 4.69) is 28.3 Å². The Hall–Kier alpha value is -1.84. The minimum Gasteiger partial charge on any atom is -0.363 e. The molecule has 0 radical (unpaired) electrons. The molecule has 0 unspecified atom stereocenters. The van der Waals surface area contributed by atoms with Crippen molar-refractivity contribution in [2.45, 2.75) is 19.9 Å². The summed E-state index contributed by atoms with van der Waals surface area (Å²) in [6.07, 6.45) is 6.53. The van der Waals surface area contributed by atoms with Crippen LogP contribution in [-0.2, 0) is 20.0 Å². The quantitative estimate of drug-likeness (QED) is 0.850. The van der Waals surface area contributed by atoms with Crippen LogP contribution in [0.3, 0.4) is 0 Å². The highest BCUT2D eigenvalue weighted by atomic mass is 15.1.